The van der Waals surface area contributed by atoms with E-state index >= 15 is 0 Å². The molecule has 3 aromatic rings. The number of phenols is 1. The van der Waals surface area contributed by atoms with E-state index in [-0.39, 0.29) is 5.75 Å². The van der Waals surface area contributed by atoms with Crippen LogP contribution in [0.3, 0.4) is 0 Å². The second-order valence-corrected chi connectivity index (χ2v) is 5.79. The predicted molar refractivity (Wildman–Crippen MR) is 85.2 cm³/mol. The van der Waals surface area contributed by atoms with Crippen molar-refractivity contribution in [2.75, 3.05) is 7.11 Å². The number of aromatic nitrogens is 4. The average molecular weight is 346 g/mol. The van der Waals surface area contributed by atoms with Crippen LogP contribution >= 0.6 is 11.8 Å². The molecule has 124 valence electrons. The van der Waals surface area contributed by atoms with Crippen molar-refractivity contribution in [3.63, 3.8) is 0 Å². The van der Waals surface area contributed by atoms with Gasteiger partial charge in [0.05, 0.1) is 18.6 Å². The summed E-state index contributed by atoms with van der Waals surface area (Å²) in [4.78, 5) is 11.6. The first kappa shape index (κ1) is 16.1. The molecule has 0 atom stereocenters. The van der Waals surface area contributed by atoms with E-state index in [4.69, 9.17) is 9.15 Å². The molecule has 8 nitrogen and oxygen atoms in total. The molecule has 1 aromatic carbocycles. The monoisotopic (exact) mass is 346 g/mol. The number of methoxy groups -OCH3 is 1. The Morgan fingerprint density at radius 1 is 1.38 bits per heavy atom. The van der Waals surface area contributed by atoms with Crippen LogP contribution < -0.4 is 0 Å². The number of furan rings is 1. The van der Waals surface area contributed by atoms with Crippen molar-refractivity contribution in [3.8, 4) is 11.4 Å². The Morgan fingerprint density at radius 3 is 2.83 bits per heavy atom. The first-order valence-corrected chi connectivity index (χ1v) is 7.95. The van der Waals surface area contributed by atoms with Crippen molar-refractivity contribution < 1.29 is 19.1 Å². The molecule has 0 aliphatic carbocycles. The Kier molecular flexibility index (Phi) is 4.52. The number of rotatable bonds is 5. The molecular formula is C15H14N4O4S. The summed E-state index contributed by atoms with van der Waals surface area (Å²) in [6.07, 6.45) is 0. The third kappa shape index (κ3) is 3.25. The minimum absolute atomic E-state index is 0.169. The van der Waals surface area contributed by atoms with Crippen LogP contribution in [0.5, 0.6) is 5.75 Å². The number of benzene rings is 1. The number of carbonyl (C=O) groups excluding carboxylic acids is 1. The van der Waals surface area contributed by atoms with Gasteiger partial charge in [-0.05, 0) is 47.7 Å². The highest BCUT2D eigenvalue weighted by Gasteiger charge is 2.16. The van der Waals surface area contributed by atoms with Crippen molar-refractivity contribution in [2.45, 2.75) is 17.8 Å². The molecule has 0 radical (unpaired) electrons. The van der Waals surface area contributed by atoms with Gasteiger partial charge >= 0.3 is 5.97 Å². The van der Waals surface area contributed by atoms with E-state index in [0.29, 0.717) is 28.0 Å². The van der Waals surface area contributed by atoms with Gasteiger partial charge in [0.15, 0.2) is 0 Å². The second kappa shape index (κ2) is 6.75. The van der Waals surface area contributed by atoms with Crippen LogP contribution in [0.4, 0.5) is 0 Å². The first-order valence-electron chi connectivity index (χ1n) is 6.96. The predicted octanol–water partition coefficient (Wildman–Crippen LogP) is 2.35. The van der Waals surface area contributed by atoms with Crippen LogP contribution in [0, 0.1) is 6.92 Å². The second-order valence-electron chi connectivity index (χ2n) is 4.85. The SMILES string of the molecule is COC(=O)c1cc(CSc2nnnn2-c2ccc(O)cc2)oc1C. The van der Waals surface area contributed by atoms with E-state index in [9.17, 15) is 9.90 Å². The number of phenolic OH excluding ortho intramolecular Hbond substituents is 1. The van der Waals surface area contributed by atoms with E-state index in [1.807, 2.05) is 0 Å². The summed E-state index contributed by atoms with van der Waals surface area (Å²) >= 11 is 1.37. The molecule has 0 saturated carbocycles. The van der Waals surface area contributed by atoms with Gasteiger partial charge in [0.25, 0.3) is 0 Å². The van der Waals surface area contributed by atoms with Gasteiger partial charge in [-0.3, -0.25) is 0 Å². The van der Waals surface area contributed by atoms with Gasteiger partial charge in [0, 0.05) is 0 Å². The van der Waals surface area contributed by atoms with Crippen LogP contribution in [-0.2, 0) is 10.5 Å². The Morgan fingerprint density at radius 2 is 2.12 bits per heavy atom. The van der Waals surface area contributed by atoms with Crippen molar-refractivity contribution in [2.24, 2.45) is 0 Å². The van der Waals surface area contributed by atoms with E-state index < -0.39 is 5.97 Å². The summed E-state index contributed by atoms with van der Waals surface area (Å²) in [7, 11) is 1.33. The van der Waals surface area contributed by atoms with Gasteiger partial charge in [0.1, 0.15) is 22.8 Å². The molecule has 3 rings (SSSR count). The lowest BCUT2D eigenvalue weighted by molar-refractivity contribution is 0.0599. The molecule has 2 aromatic heterocycles. The minimum atomic E-state index is -0.429. The van der Waals surface area contributed by atoms with Crippen LogP contribution in [-0.4, -0.2) is 38.4 Å². The fraction of sp³-hybridized carbons (Fsp3) is 0.200. The number of aryl methyl sites for hydroxylation is 1. The van der Waals surface area contributed by atoms with E-state index in [0.717, 1.165) is 5.69 Å². The molecule has 0 fully saturated rings. The minimum Gasteiger partial charge on any atom is -0.508 e. The zero-order chi connectivity index (χ0) is 17.1. The van der Waals surface area contributed by atoms with Crippen LogP contribution in [0.1, 0.15) is 21.9 Å². The fourth-order valence-corrected chi connectivity index (χ4v) is 2.86. The molecule has 0 aliphatic rings. The molecule has 2 heterocycles. The highest BCUT2D eigenvalue weighted by molar-refractivity contribution is 7.98. The molecule has 1 N–H and O–H groups in total. The Hall–Kier alpha value is -2.81. The Balaban J connectivity index is 1.75. The highest BCUT2D eigenvalue weighted by atomic mass is 32.2. The normalized spacial score (nSPS) is 10.8. The van der Waals surface area contributed by atoms with Crippen molar-refractivity contribution in [1.29, 1.82) is 0 Å². The van der Waals surface area contributed by atoms with Crippen molar-refractivity contribution in [3.05, 3.63) is 47.4 Å². The largest absolute Gasteiger partial charge is 0.508 e. The van der Waals surface area contributed by atoms with Gasteiger partial charge in [-0.15, -0.1) is 5.10 Å². The Bertz CT molecular complexity index is 857. The molecule has 0 aliphatic heterocycles. The van der Waals surface area contributed by atoms with Gasteiger partial charge < -0.3 is 14.3 Å². The fourth-order valence-electron chi connectivity index (χ4n) is 2.09. The molecule has 0 bridgehead atoms. The number of tetrazole rings is 1. The summed E-state index contributed by atoms with van der Waals surface area (Å²) in [5.41, 5.74) is 1.14. The van der Waals surface area contributed by atoms with Gasteiger partial charge in [-0.1, -0.05) is 11.8 Å². The van der Waals surface area contributed by atoms with Gasteiger partial charge in [-0.2, -0.15) is 4.68 Å². The Labute approximate surface area is 141 Å². The number of hydrogen-bond acceptors (Lipinski definition) is 8. The number of hydrogen-bond donors (Lipinski definition) is 1. The number of aromatic hydroxyl groups is 1. The maximum absolute atomic E-state index is 11.6. The maximum atomic E-state index is 11.6. The molecule has 0 amide bonds. The molecular weight excluding hydrogens is 332 g/mol. The summed E-state index contributed by atoms with van der Waals surface area (Å²) < 4.78 is 11.8. The van der Waals surface area contributed by atoms with E-state index in [1.54, 1.807) is 41.9 Å². The third-order valence-electron chi connectivity index (χ3n) is 3.25. The lowest BCUT2D eigenvalue weighted by atomic mass is 10.2. The number of thioether (sulfide) groups is 1. The third-order valence-corrected chi connectivity index (χ3v) is 4.19. The van der Waals surface area contributed by atoms with Gasteiger partial charge in [0.2, 0.25) is 5.16 Å². The number of carbonyl (C=O) groups is 1. The zero-order valence-corrected chi connectivity index (χ0v) is 13.8. The lowest BCUT2D eigenvalue weighted by Gasteiger charge is -2.03. The van der Waals surface area contributed by atoms with Crippen LogP contribution in [0.2, 0.25) is 0 Å². The number of nitrogens with zero attached hydrogens (tertiary/aromatic N) is 4. The highest BCUT2D eigenvalue weighted by Crippen LogP contribution is 2.25. The standard InChI is InChI=1S/C15H14N4O4S/c1-9-13(14(21)22-2)7-12(23-9)8-24-15-16-17-18-19(15)10-3-5-11(20)6-4-10/h3-7,20H,8H2,1-2H3. The molecule has 0 saturated heterocycles. The van der Waals surface area contributed by atoms with E-state index in [1.165, 1.54) is 18.9 Å². The lowest BCUT2D eigenvalue weighted by Crippen LogP contribution is -2.00. The van der Waals surface area contributed by atoms with Crippen molar-refractivity contribution >= 4 is 17.7 Å². The molecule has 9 heteroatoms. The van der Waals surface area contributed by atoms with Crippen LogP contribution in [0.25, 0.3) is 5.69 Å². The average Bonchev–Trinajstić information content (AvgIpc) is 3.19. The zero-order valence-electron chi connectivity index (χ0n) is 13.0. The first-order chi connectivity index (χ1) is 11.6. The summed E-state index contributed by atoms with van der Waals surface area (Å²) in [5.74, 6) is 1.33. The molecule has 0 spiro atoms. The number of esters is 1. The van der Waals surface area contributed by atoms with E-state index in [2.05, 4.69) is 15.5 Å². The van der Waals surface area contributed by atoms with Crippen LogP contribution in [0.15, 0.2) is 39.9 Å². The molecule has 24 heavy (non-hydrogen) atoms. The quantitative estimate of drug-likeness (QED) is 0.555. The van der Waals surface area contributed by atoms with Gasteiger partial charge in [-0.25, -0.2) is 4.79 Å². The summed E-state index contributed by atoms with van der Waals surface area (Å²) in [6.45, 7) is 1.71. The summed E-state index contributed by atoms with van der Waals surface area (Å²) in [5, 5.41) is 21.5. The summed E-state index contributed by atoms with van der Waals surface area (Å²) in [6, 6.07) is 8.20. The smallest absolute Gasteiger partial charge is 0.341 e. The molecule has 0 unspecified atom stereocenters. The topological polar surface area (TPSA) is 103 Å². The maximum Gasteiger partial charge on any atom is 0.341 e. The number of ether oxygens (including phenoxy) is 1. The van der Waals surface area contributed by atoms with Crippen molar-refractivity contribution in [1.82, 2.24) is 20.2 Å².